The highest BCUT2D eigenvalue weighted by Crippen LogP contribution is 2.60. The molecule has 0 unspecified atom stereocenters. The van der Waals surface area contributed by atoms with Crippen LogP contribution in [0.5, 0.6) is 0 Å². The Morgan fingerprint density at radius 2 is 1.60 bits per heavy atom. The highest BCUT2D eigenvalue weighted by Gasteiger charge is 2.55. The van der Waals surface area contributed by atoms with Crippen molar-refractivity contribution in [1.82, 2.24) is 0 Å². The molecule has 1 amide bonds. The number of carbonyl (C=O) groups excluding carboxylic acids is 2. The number of anilines is 2. The molecule has 5 fully saturated rings. The summed E-state index contributed by atoms with van der Waals surface area (Å²) in [6.07, 6.45) is 5.92. The summed E-state index contributed by atoms with van der Waals surface area (Å²) in [6, 6.07) is 7.81. The zero-order valence-electron chi connectivity index (χ0n) is 17.8. The number of nitrogens with one attached hydrogen (secondary N) is 1. The molecule has 6 heteroatoms. The second-order valence-corrected chi connectivity index (χ2v) is 9.88. The minimum absolute atomic E-state index is 0.146. The number of hydrogen-bond acceptors (Lipinski definition) is 5. The van der Waals surface area contributed by atoms with E-state index in [1.807, 2.05) is 24.3 Å². The minimum Gasteiger partial charge on any atom is -0.452 e. The van der Waals surface area contributed by atoms with E-state index >= 15 is 0 Å². The Balaban J connectivity index is 1.17. The molecule has 1 aromatic carbocycles. The lowest BCUT2D eigenvalue weighted by molar-refractivity contribution is -0.177. The zero-order valence-corrected chi connectivity index (χ0v) is 17.8. The summed E-state index contributed by atoms with van der Waals surface area (Å²) < 4.78 is 11.1. The van der Waals surface area contributed by atoms with Crippen LogP contribution in [-0.4, -0.2) is 44.3 Å². The van der Waals surface area contributed by atoms with E-state index in [-0.39, 0.29) is 17.3 Å². The number of carbonyl (C=O) groups is 2. The fraction of sp³-hybridized carbons (Fsp3) is 0.667. The van der Waals surface area contributed by atoms with E-state index in [1.54, 1.807) is 6.92 Å². The van der Waals surface area contributed by atoms with Crippen LogP contribution in [0.2, 0.25) is 0 Å². The largest absolute Gasteiger partial charge is 0.452 e. The summed E-state index contributed by atoms with van der Waals surface area (Å²) >= 11 is 0. The van der Waals surface area contributed by atoms with Crippen LogP contribution in [0.25, 0.3) is 0 Å². The van der Waals surface area contributed by atoms with Crippen LogP contribution in [0, 0.1) is 23.2 Å². The summed E-state index contributed by atoms with van der Waals surface area (Å²) in [4.78, 5) is 28.0. The molecule has 1 N–H and O–H groups in total. The number of hydrogen-bond donors (Lipinski definition) is 1. The van der Waals surface area contributed by atoms with Crippen LogP contribution in [0.15, 0.2) is 24.3 Å². The molecular formula is C24H32N2O4. The van der Waals surface area contributed by atoms with E-state index in [0.717, 1.165) is 56.9 Å². The van der Waals surface area contributed by atoms with Crippen molar-refractivity contribution >= 4 is 23.3 Å². The van der Waals surface area contributed by atoms with Crippen LogP contribution in [0.1, 0.15) is 45.4 Å². The van der Waals surface area contributed by atoms with E-state index < -0.39 is 6.10 Å². The highest BCUT2D eigenvalue weighted by atomic mass is 16.5. The van der Waals surface area contributed by atoms with Crippen LogP contribution in [0.3, 0.4) is 0 Å². The number of esters is 1. The average molecular weight is 413 g/mol. The molecule has 4 saturated carbocycles. The van der Waals surface area contributed by atoms with Gasteiger partial charge in [-0.25, -0.2) is 0 Å². The van der Waals surface area contributed by atoms with Gasteiger partial charge >= 0.3 is 5.97 Å². The van der Waals surface area contributed by atoms with Gasteiger partial charge in [0.2, 0.25) is 0 Å². The van der Waals surface area contributed by atoms with E-state index in [1.165, 1.54) is 19.3 Å². The van der Waals surface area contributed by atoms with Gasteiger partial charge < -0.3 is 19.7 Å². The van der Waals surface area contributed by atoms with Gasteiger partial charge in [-0.05, 0) is 87.5 Å². The molecule has 0 radical (unpaired) electrons. The third-order valence-corrected chi connectivity index (χ3v) is 7.64. The van der Waals surface area contributed by atoms with Crippen molar-refractivity contribution in [2.75, 3.05) is 36.5 Å². The van der Waals surface area contributed by atoms with Crippen LogP contribution >= 0.6 is 0 Å². The molecule has 162 valence electrons. The Kier molecular flexibility index (Phi) is 5.21. The number of rotatable bonds is 5. The first kappa shape index (κ1) is 19.9. The Hall–Kier alpha value is -2.08. The van der Waals surface area contributed by atoms with E-state index in [4.69, 9.17) is 9.47 Å². The van der Waals surface area contributed by atoms with Gasteiger partial charge in [-0.2, -0.15) is 0 Å². The molecule has 1 aromatic rings. The predicted molar refractivity (Wildman–Crippen MR) is 114 cm³/mol. The summed E-state index contributed by atoms with van der Waals surface area (Å²) in [5.41, 5.74) is 1.51. The molecule has 0 spiro atoms. The Morgan fingerprint density at radius 1 is 1.03 bits per heavy atom. The fourth-order valence-corrected chi connectivity index (χ4v) is 6.52. The number of ether oxygens (including phenoxy) is 2. The summed E-state index contributed by atoms with van der Waals surface area (Å²) in [7, 11) is 0. The Labute approximate surface area is 178 Å². The highest BCUT2D eigenvalue weighted by molar-refractivity contribution is 5.95. The molecular weight excluding hydrogens is 380 g/mol. The van der Waals surface area contributed by atoms with Gasteiger partial charge in [-0.3, -0.25) is 9.59 Å². The average Bonchev–Trinajstić information content (AvgIpc) is 2.74. The molecule has 4 aliphatic carbocycles. The van der Waals surface area contributed by atoms with Gasteiger partial charge in [0.05, 0.1) is 18.6 Å². The standard InChI is InChI=1S/C24H32N2O4/c1-16(30-23(28)24-13-17-10-18(14-24)12-19(11-17)15-24)22(27)25-20-2-4-21(5-3-20)26-6-8-29-9-7-26/h2-5,16-19H,6-15H2,1H3,(H,25,27)/t16-,17?,18?,19?,24?/m0/s1. The third kappa shape index (κ3) is 3.82. The van der Waals surface area contributed by atoms with Crippen molar-refractivity contribution in [1.29, 1.82) is 0 Å². The van der Waals surface area contributed by atoms with Crippen molar-refractivity contribution in [2.24, 2.45) is 23.2 Å². The molecule has 1 atom stereocenters. The predicted octanol–water partition coefficient (Wildman–Crippen LogP) is 3.61. The second-order valence-electron chi connectivity index (χ2n) is 9.88. The zero-order chi connectivity index (χ0) is 20.7. The molecule has 1 aliphatic heterocycles. The lowest BCUT2D eigenvalue weighted by Crippen LogP contribution is -2.51. The van der Waals surface area contributed by atoms with Crippen molar-refractivity contribution in [3.63, 3.8) is 0 Å². The lowest BCUT2D eigenvalue weighted by Gasteiger charge is -2.55. The number of benzene rings is 1. The maximum absolute atomic E-state index is 13.1. The van der Waals surface area contributed by atoms with Crippen LogP contribution in [-0.2, 0) is 19.1 Å². The molecule has 6 nitrogen and oxygen atoms in total. The summed E-state index contributed by atoms with van der Waals surface area (Å²) in [5, 5.41) is 2.89. The van der Waals surface area contributed by atoms with Crippen molar-refractivity contribution < 1.29 is 19.1 Å². The van der Waals surface area contributed by atoms with Gasteiger partial charge in [-0.15, -0.1) is 0 Å². The van der Waals surface area contributed by atoms with Gasteiger partial charge in [0.1, 0.15) is 0 Å². The molecule has 6 rings (SSSR count). The smallest absolute Gasteiger partial charge is 0.312 e. The number of morpholine rings is 1. The van der Waals surface area contributed by atoms with Crippen molar-refractivity contribution in [3.8, 4) is 0 Å². The molecule has 1 saturated heterocycles. The number of amides is 1. The Bertz CT molecular complexity index is 765. The Morgan fingerprint density at radius 3 is 2.17 bits per heavy atom. The molecule has 1 heterocycles. The first-order chi connectivity index (χ1) is 14.5. The molecule has 4 bridgehead atoms. The first-order valence-electron chi connectivity index (χ1n) is 11.5. The van der Waals surface area contributed by atoms with E-state index in [9.17, 15) is 9.59 Å². The third-order valence-electron chi connectivity index (χ3n) is 7.64. The first-order valence-corrected chi connectivity index (χ1v) is 11.5. The molecule has 0 aromatic heterocycles. The minimum atomic E-state index is -0.788. The van der Waals surface area contributed by atoms with E-state index in [2.05, 4.69) is 10.2 Å². The number of nitrogens with zero attached hydrogens (tertiary/aromatic N) is 1. The van der Waals surface area contributed by atoms with Crippen molar-refractivity contribution in [2.45, 2.75) is 51.6 Å². The maximum Gasteiger partial charge on any atom is 0.312 e. The monoisotopic (exact) mass is 412 g/mol. The van der Waals surface area contributed by atoms with Crippen LogP contribution in [0.4, 0.5) is 11.4 Å². The van der Waals surface area contributed by atoms with Gasteiger partial charge in [0.15, 0.2) is 6.10 Å². The lowest BCUT2D eigenvalue weighted by atomic mass is 9.49. The fourth-order valence-electron chi connectivity index (χ4n) is 6.52. The molecule has 30 heavy (non-hydrogen) atoms. The summed E-state index contributed by atoms with van der Waals surface area (Å²) in [5.74, 6) is 1.62. The molecule has 5 aliphatic rings. The SMILES string of the molecule is C[C@H](OC(=O)C12CC3CC(CC(C3)C1)C2)C(=O)Nc1ccc(N2CCOCC2)cc1. The van der Waals surface area contributed by atoms with Gasteiger partial charge in [0.25, 0.3) is 5.91 Å². The van der Waals surface area contributed by atoms with E-state index in [0.29, 0.717) is 17.8 Å². The topological polar surface area (TPSA) is 67.9 Å². The van der Waals surface area contributed by atoms with Crippen LogP contribution < -0.4 is 10.2 Å². The maximum atomic E-state index is 13.1. The quantitative estimate of drug-likeness (QED) is 0.749. The van der Waals surface area contributed by atoms with Crippen molar-refractivity contribution in [3.05, 3.63) is 24.3 Å². The normalized spacial score (nSPS) is 33.2. The van der Waals surface area contributed by atoms with Gasteiger partial charge in [0, 0.05) is 24.5 Å². The second kappa shape index (κ2) is 7.88. The van der Waals surface area contributed by atoms with Gasteiger partial charge in [-0.1, -0.05) is 0 Å². The summed E-state index contributed by atoms with van der Waals surface area (Å²) in [6.45, 7) is 4.91.